The molecule has 1 heterocycles. The Bertz CT molecular complexity index is 1240. The zero-order valence-electron chi connectivity index (χ0n) is 17.5. The summed E-state index contributed by atoms with van der Waals surface area (Å²) in [6.07, 6.45) is 2.27. The second-order valence-electron chi connectivity index (χ2n) is 7.33. The maximum Gasteiger partial charge on any atom is 0.311 e. The minimum Gasteiger partial charge on any atom is -0.427 e. The van der Waals surface area contributed by atoms with Gasteiger partial charge >= 0.3 is 11.9 Å². The molecule has 0 aliphatic carbocycles. The molecule has 0 radical (unpaired) electrons. The van der Waals surface area contributed by atoms with Gasteiger partial charge in [0, 0.05) is 23.8 Å². The number of carbonyl (C=O) groups excluding carboxylic acids is 2. The van der Waals surface area contributed by atoms with Crippen molar-refractivity contribution in [1.29, 1.82) is 0 Å². The maximum atomic E-state index is 11.8. The molecule has 4 rings (SSSR count). The van der Waals surface area contributed by atoms with Gasteiger partial charge in [-0.25, -0.2) is 0 Å². The summed E-state index contributed by atoms with van der Waals surface area (Å²) in [6.45, 7) is 3.87. The lowest BCUT2D eigenvalue weighted by molar-refractivity contribution is -0.135. The Morgan fingerprint density at radius 2 is 1.42 bits per heavy atom. The third-order valence-electron chi connectivity index (χ3n) is 4.92. The van der Waals surface area contributed by atoms with Crippen LogP contribution in [0.3, 0.4) is 0 Å². The van der Waals surface area contributed by atoms with Crippen LogP contribution in [0.15, 0.2) is 59.1 Å². The summed E-state index contributed by atoms with van der Waals surface area (Å²) in [4.78, 5) is 23.4. The SMILES string of the molecule is CCCC(=O)Oc1ccc(-c2onc3c2ccc2cc(OC(=O)CCC)ccc23)cc1. The zero-order chi connectivity index (χ0) is 21.8. The van der Waals surface area contributed by atoms with Gasteiger partial charge in [0.05, 0.1) is 5.39 Å². The minimum atomic E-state index is -0.244. The van der Waals surface area contributed by atoms with E-state index < -0.39 is 0 Å². The van der Waals surface area contributed by atoms with Crippen molar-refractivity contribution >= 4 is 33.6 Å². The van der Waals surface area contributed by atoms with E-state index in [9.17, 15) is 9.59 Å². The Labute approximate surface area is 179 Å². The van der Waals surface area contributed by atoms with Gasteiger partial charge in [-0.2, -0.15) is 0 Å². The first kappa shape index (κ1) is 20.6. The highest BCUT2D eigenvalue weighted by Gasteiger charge is 2.15. The molecule has 0 amide bonds. The van der Waals surface area contributed by atoms with Crippen molar-refractivity contribution < 1.29 is 23.6 Å². The molecular formula is C25H23NO5. The quantitative estimate of drug-likeness (QED) is 0.269. The van der Waals surface area contributed by atoms with Gasteiger partial charge in [0.1, 0.15) is 17.0 Å². The van der Waals surface area contributed by atoms with Gasteiger partial charge in [0.15, 0.2) is 5.76 Å². The van der Waals surface area contributed by atoms with Crippen molar-refractivity contribution in [2.75, 3.05) is 0 Å². The number of hydrogen-bond donors (Lipinski definition) is 0. The van der Waals surface area contributed by atoms with E-state index in [4.69, 9.17) is 14.0 Å². The molecule has 6 heteroatoms. The number of carbonyl (C=O) groups is 2. The van der Waals surface area contributed by atoms with E-state index in [-0.39, 0.29) is 11.9 Å². The average Bonchev–Trinajstić information content (AvgIpc) is 3.19. The minimum absolute atomic E-state index is 0.240. The van der Waals surface area contributed by atoms with E-state index in [1.54, 1.807) is 18.2 Å². The highest BCUT2D eigenvalue weighted by atomic mass is 16.5. The Hall–Kier alpha value is -3.67. The number of fused-ring (bicyclic) bond motifs is 3. The van der Waals surface area contributed by atoms with Crippen molar-refractivity contribution in [3.63, 3.8) is 0 Å². The Morgan fingerprint density at radius 3 is 2.10 bits per heavy atom. The fourth-order valence-corrected chi connectivity index (χ4v) is 3.43. The third-order valence-corrected chi connectivity index (χ3v) is 4.92. The van der Waals surface area contributed by atoms with Crippen LogP contribution in [0.1, 0.15) is 39.5 Å². The lowest BCUT2D eigenvalue weighted by atomic mass is 10.0. The molecule has 31 heavy (non-hydrogen) atoms. The van der Waals surface area contributed by atoms with Gasteiger partial charge in [-0.1, -0.05) is 25.1 Å². The summed E-state index contributed by atoms with van der Waals surface area (Å²) < 4.78 is 16.3. The normalized spacial score (nSPS) is 11.0. The van der Waals surface area contributed by atoms with E-state index in [1.807, 2.05) is 50.2 Å². The summed E-state index contributed by atoms with van der Waals surface area (Å²) in [6, 6.07) is 16.6. The first-order valence-corrected chi connectivity index (χ1v) is 10.4. The van der Waals surface area contributed by atoms with Crippen molar-refractivity contribution in [3.05, 3.63) is 54.6 Å². The third kappa shape index (κ3) is 4.43. The summed E-state index contributed by atoms with van der Waals surface area (Å²) in [7, 11) is 0. The van der Waals surface area contributed by atoms with Gasteiger partial charge in [-0.05, 0) is 66.8 Å². The molecule has 0 saturated carbocycles. The molecule has 1 aromatic heterocycles. The first-order valence-electron chi connectivity index (χ1n) is 10.4. The van der Waals surface area contributed by atoms with E-state index >= 15 is 0 Å². The fourth-order valence-electron chi connectivity index (χ4n) is 3.43. The standard InChI is InChI=1S/C25H23NO5/c1-3-5-22(27)29-18-10-7-16(8-11-18)25-21-13-9-17-15-19(30-23(28)6-4-2)12-14-20(17)24(21)26-31-25/h7-15H,3-6H2,1-2H3. The summed E-state index contributed by atoms with van der Waals surface area (Å²) in [5.41, 5.74) is 1.57. The van der Waals surface area contributed by atoms with Crippen molar-refractivity contribution in [1.82, 2.24) is 5.16 Å². The number of esters is 2. The van der Waals surface area contributed by atoms with Gasteiger partial charge in [-0.3, -0.25) is 9.59 Å². The van der Waals surface area contributed by atoms with Crippen LogP contribution in [-0.2, 0) is 9.59 Å². The monoisotopic (exact) mass is 417 g/mol. The van der Waals surface area contributed by atoms with E-state index in [0.717, 1.165) is 40.1 Å². The van der Waals surface area contributed by atoms with Crippen LogP contribution < -0.4 is 9.47 Å². The maximum absolute atomic E-state index is 11.8. The predicted octanol–water partition coefficient (Wildman–Crippen LogP) is 6.06. The number of aromatic nitrogens is 1. The largest absolute Gasteiger partial charge is 0.427 e. The van der Waals surface area contributed by atoms with Gasteiger partial charge in [-0.15, -0.1) is 0 Å². The van der Waals surface area contributed by atoms with E-state index in [1.165, 1.54) is 0 Å². The van der Waals surface area contributed by atoms with Gasteiger partial charge in [0.2, 0.25) is 0 Å². The van der Waals surface area contributed by atoms with Crippen LogP contribution in [0.4, 0.5) is 0 Å². The Balaban J connectivity index is 1.62. The van der Waals surface area contributed by atoms with Crippen LogP contribution in [0.25, 0.3) is 33.0 Å². The molecule has 0 fully saturated rings. The second-order valence-corrected chi connectivity index (χ2v) is 7.33. The van der Waals surface area contributed by atoms with E-state index in [2.05, 4.69) is 5.16 Å². The highest BCUT2D eigenvalue weighted by molar-refractivity contribution is 6.09. The molecule has 0 bridgehead atoms. The number of ether oxygens (including phenoxy) is 2. The highest BCUT2D eigenvalue weighted by Crippen LogP contribution is 2.35. The molecule has 0 aliphatic rings. The zero-order valence-corrected chi connectivity index (χ0v) is 17.5. The van der Waals surface area contributed by atoms with Crippen molar-refractivity contribution in [3.8, 4) is 22.8 Å². The topological polar surface area (TPSA) is 78.6 Å². The van der Waals surface area contributed by atoms with Gasteiger partial charge in [0.25, 0.3) is 0 Å². The molecular weight excluding hydrogens is 394 g/mol. The Kier molecular flexibility index (Phi) is 5.98. The molecule has 158 valence electrons. The van der Waals surface area contributed by atoms with E-state index in [0.29, 0.717) is 30.1 Å². The van der Waals surface area contributed by atoms with Crippen LogP contribution in [0, 0.1) is 0 Å². The molecule has 0 spiro atoms. The summed E-state index contributed by atoms with van der Waals surface area (Å²) in [5.74, 6) is 1.17. The number of nitrogens with zero attached hydrogens (tertiary/aromatic N) is 1. The number of benzene rings is 3. The van der Waals surface area contributed by atoms with Crippen molar-refractivity contribution in [2.45, 2.75) is 39.5 Å². The van der Waals surface area contributed by atoms with Crippen LogP contribution in [0.5, 0.6) is 11.5 Å². The fraction of sp³-hybridized carbons (Fsp3) is 0.240. The molecule has 6 nitrogen and oxygen atoms in total. The van der Waals surface area contributed by atoms with Crippen LogP contribution in [0.2, 0.25) is 0 Å². The summed E-state index contributed by atoms with van der Waals surface area (Å²) in [5, 5.41) is 6.96. The molecule has 0 unspecified atom stereocenters. The van der Waals surface area contributed by atoms with Crippen LogP contribution in [-0.4, -0.2) is 17.1 Å². The number of rotatable bonds is 7. The molecule has 4 aromatic rings. The molecule has 0 saturated heterocycles. The average molecular weight is 417 g/mol. The molecule has 3 aromatic carbocycles. The van der Waals surface area contributed by atoms with Crippen LogP contribution >= 0.6 is 0 Å². The first-order chi connectivity index (χ1) is 15.1. The van der Waals surface area contributed by atoms with Crippen molar-refractivity contribution in [2.24, 2.45) is 0 Å². The molecule has 0 aliphatic heterocycles. The second kappa shape index (κ2) is 9.00. The smallest absolute Gasteiger partial charge is 0.311 e. The predicted molar refractivity (Wildman–Crippen MR) is 118 cm³/mol. The lowest BCUT2D eigenvalue weighted by Gasteiger charge is -2.06. The van der Waals surface area contributed by atoms with Gasteiger partial charge < -0.3 is 14.0 Å². The number of hydrogen-bond acceptors (Lipinski definition) is 6. The Morgan fingerprint density at radius 1 is 0.806 bits per heavy atom. The molecule has 0 atom stereocenters. The lowest BCUT2D eigenvalue weighted by Crippen LogP contribution is -2.06. The summed E-state index contributed by atoms with van der Waals surface area (Å²) >= 11 is 0. The molecule has 0 N–H and O–H groups in total.